The van der Waals surface area contributed by atoms with Gasteiger partial charge in [0.25, 0.3) is 5.91 Å². The Labute approximate surface area is 177 Å². The molecule has 30 heavy (non-hydrogen) atoms. The largest absolute Gasteiger partial charge is 0.352 e. The normalized spacial score (nSPS) is 20.0. The summed E-state index contributed by atoms with van der Waals surface area (Å²) in [6.45, 7) is 2.58. The van der Waals surface area contributed by atoms with Crippen LogP contribution in [-0.2, 0) is 14.8 Å². The van der Waals surface area contributed by atoms with Crippen molar-refractivity contribution >= 4 is 27.8 Å². The van der Waals surface area contributed by atoms with Crippen LogP contribution >= 0.6 is 0 Å². The molecule has 1 N–H and O–H groups in total. The van der Waals surface area contributed by atoms with Crippen LogP contribution in [0.4, 0.5) is 5.95 Å². The minimum Gasteiger partial charge on any atom is -0.352 e. The highest BCUT2D eigenvalue weighted by molar-refractivity contribution is 7.88. The predicted octanol–water partition coefficient (Wildman–Crippen LogP) is 0.0338. The lowest BCUT2D eigenvalue weighted by molar-refractivity contribution is -0.127. The number of hydrogen-bond donors (Lipinski definition) is 1. The fraction of sp³-hybridized carbons (Fsp3) is 0.684. The number of carbonyl (C=O) groups is 2. The molecule has 0 saturated carbocycles. The monoisotopic (exact) mass is 438 g/mol. The van der Waals surface area contributed by atoms with E-state index in [9.17, 15) is 18.0 Å². The van der Waals surface area contributed by atoms with E-state index >= 15 is 0 Å². The molecule has 3 rings (SSSR count). The maximum atomic E-state index is 12.8. The number of nitrogens with zero attached hydrogens (tertiary/aromatic N) is 5. The van der Waals surface area contributed by atoms with E-state index < -0.39 is 10.0 Å². The highest BCUT2D eigenvalue weighted by Gasteiger charge is 2.33. The van der Waals surface area contributed by atoms with E-state index in [1.54, 1.807) is 4.90 Å². The van der Waals surface area contributed by atoms with E-state index in [-0.39, 0.29) is 17.7 Å². The molecule has 1 atom stereocenters. The molecular weight excluding hydrogens is 408 g/mol. The van der Waals surface area contributed by atoms with Crippen LogP contribution in [0.3, 0.4) is 0 Å². The van der Waals surface area contributed by atoms with Gasteiger partial charge in [-0.15, -0.1) is 0 Å². The maximum absolute atomic E-state index is 12.8. The van der Waals surface area contributed by atoms with Crippen LogP contribution in [0.15, 0.2) is 6.20 Å². The Morgan fingerprint density at radius 1 is 1.33 bits per heavy atom. The quantitative estimate of drug-likeness (QED) is 0.570. The molecule has 11 heteroatoms. The van der Waals surface area contributed by atoms with E-state index in [0.29, 0.717) is 62.6 Å². The minimum absolute atomic E-state index is 0.163. The minimum atomic E-state index is -3.29. The second-order valence-electron chi connectivity index (χ2n) is 8.06. The molecular formula is C19H30N6O4S. The molecule has 2 fully saturated rings. The van der Waals surface area contributed by atoms with Crippen LogP contribution in [0.5, 0.6) is 0 Å². The van der Waals surface area contributed by atoms with Crippen molar-refractivity contribution in [3.63, 3.8) is 0 Å². The van der Waals surface area contributed by atoms with Gasteiger partial charge in [-0.05, 0) is 19.3 Å². The third-order valence-corrected chi connectivity index (χ3v) is 6.79. The van der Waals surface area contributed by atoms with Gasteiger partial charge < -0.3 is 15.1 Å². The lowest BCUT2D eigenvalue weighted by atomic mass is 10.00. The molecule has 2 saturated heterocycles. The molecule has 166 valence electrons. The van der Waals surface area contributed by atoms with Crippen molar-refractivity contribution in [1.29, 1.82) is 0 Å². The summed E-state index contributed by atoms with van der Waals surface area (Å²) in [6, 6.07) is 0. The number of amides is 2. The summed E-state index contributed by atoms with van der Waals surface area (Å²) in [5.74, 6) is 0.213. The Morgan fingerprint density at radius 3 is 2.70 bits per heavy atom. The summed E-state index contributed by atoms with van der Waals surface area (Å²) >= 11 is 0. The van der Waals surface area contributed by atoms with E-state index in [2.05, 4.69) is 15.3 Å². The third-order valence-electron chi connectivity index (χ3n) is 5.52. The van der Waals surface area contributed by atoms with E-state index in [4.69, 9.17) is 0 Å². The van der Waals surface area contributed by atoms with Crippen LogP contribution in [0.25, 0.3) is 0 Å². The van der Waals surface area contributed by atoms with Gasteiger partial charge in [0.1, 0.15) is 0 Å². The second-order valence-corrected chi connectivity index (χ2v) is 10.0. The van der Waals surface area contributed by atoms with Crippen molar-refractivity contribution in [3.8, 4) is 0 Å². The topological polar surface area (TPSA) is 116 Å². The lowest BCUT2D eigenvalue weighted by Gasteiger charge is -2.19. The summed E-state index contributed by atoms with van der Waals surface area (Å²) in [4.78, 5) is 36.9. The van der Waals surface area contributed by atoms with Gasteiger partial charge in [0.15, 0.2) is 0 Å². The molecule has 0 aromatic carbocycles. The van der Waals surface area contributed by atoms with Crippen molar-refractivity contribution in [2.24, 2.45) is 0 Å². The molecule has 1 aromatic heterocycles. The molecule has 0 aliphatic carbocycles. The Balaban J connectivity index is 1.68. The van der Waals surface area contributed by atoms with Gasteiger partial charge in [-0.3, -0.25) is 9.59 Å². The van der Waals surface area contributed by atoms with Crippen LogP contribution in [-0.4, -0.2) is 92.5 Å². The summed E-state index contributed by atoms with van der Waals surface area (Å²) in [5.41, 5.74) is 0.949. The van der Waals surface area contributed by atoms with Crippen molar-refractivity contribution < 1.29 is 18.0 Å². The number of carbonyl (C=O) groups excluding carboxylic acids is 2. The molecule has 10 nitrogen and oxygen atoms in total. The van der Waals surface area contributed by atoms with E-state index in [0.717, 1.165) is 13.0 Å². The third kappa shape index (κ3) is 5.25. The molecule has 3 heterocycles. The number of sulfonamides is 1. The summed E-state index contributed by atoms with van der Waals surface area (Å²) in [7, 11) is 0.344. The zero-order valence-corrected chi connectivity index (χ0v) is 18.6. The number of likely N-dealkylation sites (tertiary alicyclic amines) is 1. The van der Waals surface area contributed by atoms with Gasteiger partial charge in [-0.1, -0.05) is 0 Å². The van der Waals surface area contributed by atoms with E-state index in [1.807, 2.05) is 19.0 Å². The molecule has 0 spiro atoms. The second kappa shape index (κ2) is 9.25. The summed E-state index contributed by atoms with van der Waals surface area (Å²) in [6.07, 6.45) is 5.50. The van der Waals surface area contributed by atoms with Crippen molar-refractivity contribution in [3.05, 3.63) is 17.5 Å². The average molecular weight is 439 g/mol. The van der Waals surface area contributed by atoms with Crippen molar-refractivity contribution in [1.82, 2.24) is 24.5 Å². The highest BCUT2D eigenvalue weighted by Crippen LogP contribution is 2.30. The Bertz CT molecular complexity index is 904. The fourth-order valence-corrected chi connectivity index (χ4v) is 4.73. The first kappa shape index (κ1) is 22.4. The van der Waals surface area contributed by atoms with Crippen LogP contribution in [0, 0.1) is 0 Å². The Hall–Kier alpha value is -2.27. The fourth-order valence-electron chi connectivity index (χ4n) is 3.85. The van der Waals surface area contributed by atoms with Gasteiger partial charge in [0, 0.05) is 65.4 Å². The van der Waals surface area contributed by atoms with Gasteiger partial charge in [0.2, 0.25) is 21.9 Å². The molecule has 2 aliphatic rings. The zero-order chi connectivity index (χ0) is 21.9. The standard InChI is InChI=1S/C19H30N6O4S/c1-23(2)19-21-12-15(17(22-19)14-7-11-25(13-14)30(3,28)29)18(27)20-8-5-10-24-9-4-6-16(24)26/h12,14H,4-11,13H2,1-3H3,(H,20,27). The number of nitrogens with one attached hydrogen (secondary N) is 1. The molecule has 0 bridgehead atoms. The van der Waals surface area contributed by atoms with Gasteiger partial charge >= 0.3 is 0 Å². The average Bonchev–Trinajstić information content (AvgIpc) is 3.33. The van der Waals surface area contributed by atoms with E-state index in [1.165, 1.54) is 16.8 Å². The first-order chi connectivity index (χ1) is 14.2. The molecule has 0 radical (unpaired) electrons. The number of hydrogen-bond acceptors (Lipinski definition) is 7. The summed E-state index contributed by atoms with van der Waals surface area (Å²) < 4.78 is 25.2. The van der Waals surface area contributed by atoms with Crippen molar-refractivity contribution in [2.75, 3.05) is 58.0 Å². The molecule has 1 unspecified atom stereocenters. The molecule has 2 aliphatic heterocycles. The Kier molecular flexibility index (Phi) is 6.91. The number of aromatic nitrogens is 2. The van der Waals surface area contributed by atoms with Crippen molar-refractivity contribution in [2.45, 2.75) is 31.6 Å². The smallest absolute Gasteiger partial charge is 0.254 e. The van der Waals surface area contributed by atoms with Crippen LogP contribution in [0.2, 0.25) is 0 Å². The molecule has 2 amide bonds. The number of anilines is 1. The highest BCUT2D eigenvalue weighted by atomic mass is 32.2. The summed E-state index contributed by atoms with van der Waals surface area (Å²) in [5, 5.41) is 2.89. The van der Waals surface area contributed by atoms with Crippen LogP contribution < -0.4 is 10.2 Å². The maximum Gasteiger partial charge on any atom is 0.254 e. The zero-order valence-electron chi connectivity index (χ0n) is 17.8. The van der Waals surface area contributed by atoms with Gasteiger partial charge in [-0.25, -0.2) is 22.7 Å². The molecule has 1 aromatic rings. The lowest BCUT2D eigenvalue weighted by Crippen LogP contribution is -2.32. The number of rotatable bonds is 8. The van der Waals surface area contributed by atoms with Gasteiger partial charge in [0.05, 0.1) is 17.5 Å². The predicted molar refractivity (Wildman–Crippen MR) is 113 cm³/mol. The Morgan fingerprint density at radius 2 is 2.10 bits per heavy atom. The van der Waals surface area contributed by atoms with Gasteiger partial charge in [-0.2, -0.15) is 0 Å². The first-order valence-electron chi connectivity index (χ1n) is 10.2. The first-order valence-corrected chi connectivity index (χ1v) is 12.1. The van der Waals surface area contributed by atoms with Crippen LogP contribution in [0.1, 0.15) is 47.7 Å². The SMILES string of the molecule is CN(C)c1ncc(C(=O)NCCCN2CCCC2=O)c(C2CCN(S(C)(=O)=O)C2)n1.